The van der Waals surface area contributed by atoms with E-state index in [1.54, 1.807) is 11.9 Å². The molecule has 0 aromatic carbocycles. The number of piperidine rings is 2. The number of fused-ring (bicyclic) bond motifs is 1. The van der Waals surface area contributed by atoms with Crippen molar-refractivity contribution in [3.8, 4) is 0 Å². The van der Waals surface area contributed by atoms with E-state index in [9.17, 15) is 9.59 Å². The summed E-state index contributed by atoms with van der Waals surface area (Å²) >= 11 is 0. The number of urea groups is 1. The Bertz CT molecular complexity index is 976. The third-order valence-corrected chi connectivity index (χ3v) is 7.50. The smallest absolute Gasteiger partial charge is 0.341 e. The molecule has 3 amide bonds. The SMILES string of the molecule is CC(C)=CCn1c(N2CCCC(N)C2)nc2c1C(=O)[N+](CCN(C)C)(N1CCCCC1)C(=O)N2C. The Hall–Kier alpha value is -2.27. The summed E-state index contributed by atoms with van der Waals surface area (Å²) in [6.07, 6.45) is 7.21. The van der Waals surface area contributed by atoms with Crippen LogP contribution in [-0.2, 0) is 6.54 Å². The van der Waals surface area contributed by atoms with Crippen molar-refractivity contribution in [1.29, 1.82) is 0 Å². The highest BCUT2D eigenvalue weighted by Crippen LogP contribution is 2.38. The van der Waals surface area contributed by atoms with Crippen LogP contribution in [-0.4, -0.2) is 102 Å². The van der Waals surface area contributed by atoms with Crippen LogP contribution in [0.4, 0.5) is 16.6 Å². The second-order valence-electron chi connectivity index (χ2n) is 10.8. The molecule has 4 heterocycles. The van der Waals surface area contributed by atoms with Crippen LogP contribution < -0.4 is 15.5 Å². The van der Waals surface area contributed by atoms with E-state index in [0.29, 0.717) is 37.7 Å². The lowest BCUT2D eigenvalue weighted by Crippen LogP contribution is -2.73. The quantitative estimate of drug-likeness (QED) is 0.466. The molecular weight excluding hydrogens is 444 g/mol. The van der Waals surface area contributed by atoms with E-state index >= 15 is 0 Å². The van der Waals surface area contributed by atoms with E-state index in [2.05, 4.69) is 29.8 Å². The second kappa shape index (κ2) is 10.4. The lowest BCUT2D eigenvalue weighted by atomic mass is 10.1. The van der Waals surface area contributed by atoms with Gasteiger partial charge in [0.15, 0.2) is 11.5 Å². The number of anilines is 2. The number of allylic oxidation sites excluding steroid dienone is 2. The van der Waals surface area contributed by atoms with Crippen LogP contribution in [0.3, 0.4) is 0 Å². The number of nitrogens with zero attached hydrogens (tertiary/aromatic N) is 7. The van der Waals surface area contributed by atoms with Gasteiger partial charge >= 0.3 is 11.9 Å². The number of hydrogen-bond acceptors (Lipinski definition) is 7. The molecule has 4 rings (SSSR count). The number of amides is 3. The minimum atomic E-state index is -0.291. The summed E-state index contributed by atoms with van der Waals surface area (Å²) in [5, 5.41) is 2.10. The van der Waals surface area contributed by atoms with Crippen LogP contribution in [0.1, 0.15) is 56.4 Å². The van der Waals surface area contributed by atoms with Gasteiger partial charge in [-0.2, -0.15) is 4.98 Å². The van der Waals surface area contributed by atoms with Crippen LogP contribution >= 0.6 is 0 Å². The van der Waals surface area contributed by atoms with Crippen molar-refractivity contribution in [2.75, 3.05) is 70.2 Å². The molecule has 2 atom stereocenters. The summed E-state index contributed by atoms with van der Waals surface area (Å²) < 4.78 is 1.74. The highest BCUT2D eigenvalue weighted by Gasteiger charge is 2.59. The van der Waals surface area contributed by atoms with Crippen molar-refractivity contribution >= 4 is 23.7 Å². The highest BCUT2D eigenvalue weighted by molar-refractivity contribution is 6.08. The van der Waals surface area contributed by atoms with Crippen molar-refractivity contribution in [2.24, 2.45) is 5.73 Å². The van der Waals surface area contributed by atoms with Gasteiger partial charge in [-0.25, -0.2) is 14.5 Å². The highest BCUT2D eigenvalue weighted by atomic mass is 16.2. The van der Waals surface area contributed by atoms with Gasteiger partial charge in [0.1, 0.15) is 6.54 Å². The van der Waals surface area contributed by atoms with E-state index in [4.69, 9.17) is 10.7 Å². The Morgan fingerprint density at radius 2 is 1.86 bits per heavy atom. The van der Waals surface area contributed by atoms with E-state index in [0.717, 1.165) is 57.7 Å². The van der Waals surface area contributed by atoms with Crippen molar-refractivity contribution in [1.82, 2.24) is 19.5 Å². The topological polar surface area (TPSA) is 90.9 Å². The molecule has 0 spiro atoms. The Labute approximate surface area is 209 Å². The fourth-order valence-electron chi connectivity index (χ4n) is 5.51. The van der Waals surface area contributed by atoms with Gasteiger partial charge in [0.05, 0.1) is 6.54 Å². The van der Waals surface area contributed by atoms with Crippen LogP contribution in [0.25, 0.3) is 0 Å². The Morgan fingerprint density at radius 1 is 1.14 bits per heavy atom. The molecule has 10 nitrogen and oxygen atoms in total. The normalized spacial score (nSPS) is 25.9. The lowest BCUT2D eigenvalue weighted by Gasteiger charge is -2.46. The summed E-state index contributed by atoms with van der Waals surface area (Å²) in [6, 6.07) is -0.132. The molecule has 2 fully saturated rings. The molecule has 1 aromatic rings. The fraction of sp³-hybridized carbons (Fsp3) is 0.720. The predicted octanol–water partition coefficient (Wildman–Crippen LogP) is 2.27. The number of hydrogen-bond donors (Lipinski definition) is 1. The molecule has 0 bridgehead atoms. The maximum atomic E-state index is 14.6. The van der Waals surface area contributed by atoms with Gasteiger partial charge < -0.3 is 15.5 Å². The number of carbonyl (C=O) groups is 2. The summed E-state index contributed by atoms with van der Waals surface area (Å²) in [7, 11) is 5.74. The van der Waals surface area contributed by atoms with Gasteiger partial charge in [0, 0.05) is 45.8 Å². The Morgan fingerprint density at radius 3 is 2.49 bits per heavy atom. The minimum absolute atomic E-state index is 0.0766. The summed E-state index contributed by atoms with van der Waals surface area (Å²) in [6.45, 7) is 8.71. The first-order chi connectivity index (χ1) is 16.7. The second-order valence-corrected chi connectivity index (χ2v) is 10.8. The van der Waals surface area contributed by atoms with Crippen LogP contribution in [0.5, 0.6) is 0 Å². The Balaban J connectivity index is 1.87. The van der Waals surface area contributed by atoms with E-state index in [1.165, 1.54) is 5.57 Å². The minimum Gasteiger partial charge on any atom is -0.341 e. The first kappa shape index (κ1) is 25.8. The van der Waals surface area contributed by atoms with Crippen LogP contribution in [0.15, 0.2) is 11.6 Å². The first-order valence-electron chi connectivity index (χ1n) is 13.0. The fourth-order valence-corrected chi connectivity index (χ4v) is 5.51. The molecule has 2 saturated heterocycles. The summed E-state index contributed by atoms with van der Waals surface area (Å²) in [5.41, 5.74) is 8.01. The number of aromatic nitrogens is 2. The van der Waals surface area contributed by atoms with Gasteiger partial charge in [-0.3, -0.25) is 4.57 Å². The zero-order valence-electron chi connectivity index (χ0n) is 22.2. The summed E-state index contributed by atoms with van der Waals surface area (Å²) in [5.74, 6) is 1.04. The van der Waals surface area contributed by atoms with Crippen LogP contribution in [0, 0.1) is 0 Å². The van der Waals surface area contributed by atoms with E-state index in [1.807, 2.05) is 23.6 Å². The van der Waals surface area contributed by atoms with Crippen molar-refractivity contribution in [2.45, 2.75) is 58.5 Å². The third-order valence-electron chi connectivity index (χ3n) is 7.50. The molecule has 0 aliphatic carbocycles. The maximum Gasteiger partial charge on any atom is 0.452 e. The van der Waals surface area contributed by atoms with Crippen molar-refractivity contribution in [3.05, 3.63) is 17.3 Å². The monoisotopic (exact) mass is 487 g/mol. The number of carbonyl (C=O) groups excluding carboxylic acids is 2. The van der Waals surface area contributed by atoms with E-state index < -0.39 is 0 Å². The molecule has 2 unspecified atom stereocenters. The van der Waals surface area contributed by atoms with Gasteiger partial charge in [-0.1, -0.05) is 22.7 Å². The predicted molar refractivity (Wildman–Crippen MR) is 138 cm³/mol. The average molecular weight is 488 g/mol. The molecule has 0 saturated carbocycles. The first-order valence-corrected chi connectivity index (χ1v) is 13.0. The largest absolute Gasteiger partial charge is 0.452 e. The van der Waals surface area contributed by atoms with Crippen LogP contribution in [0.2, 0.25) is 0 Å². The van der Waals surface area contributed by atoms with Gasteiger partial charge in [-0.05, 0) is 53.6 Å². The van der Waals surface area contributed by atoms with Crippen molar-refractivity contribution in [3.63, 3.8) is 0 Å². The molecule has 1 aromatic heterocycles. The molecule has 0 radical (unpaired) electrons. The number of likely N-dealkylation sites (N-methyl/N-ethyl adjacent to an activating group) is 1. The van der Waals surface area contributed by atoms with Gasteiger partial charge in [0.2, 0.25) is 5.95 Å². The average Bonchev–Trinajstić information content (AvgIpc) is 3.22. The molecule has 194 valence electrons. The molecule has 10 heteroatoms. The zero-order chi connectivity index (χ0) is 25.3. The summed E-state index contributed by atoms with van der Waals surface area (Å²) in [4.78, 5) is 39.4. The van der Waals surface area contributed by atoms with Gasteiger partial charge in [-0.15, -0.1) is 5.01 Å². The standard InChI is InChI=1S/C25H43N8O2/c1-19(2)11-15-32-21-22(27-24(32)30-12-9-10-20(26)18-30)29(5)25(35)33(23(21)34,17-16-28(3)4)31-13-7-6-8-14-31/h11,20H,6-10,12-18,26H2,1-5H3/q+1. The molecule has 3 aliphatic rings. The lowest BCUT2D eigenvalue weighted by molar-refractivity contribution is -0.894. The number of rotatable bonds is 7. The van der Waals surface area contributed by atoms with Crippen molar-refractivity contribution < 1.29 is 14.2 Å². The number of imide groups is 1. The molecule has 2 N–H and O–H groups in total. The number of nitrogens with two attached hydrogens (primary N) is 1. The zero-order valence-corrected chi connectivity index (χ0v) is 22.2. The molecule has 3 aliphatic heterocycles. The Kier molecular flexibility index (Phi) is 7.65. The number of imidazole rings is 1. The molecule has 35 heavy (non-hydrogen) atoms. The van der Waals surface area contributed by atoms with Gasteiger partial charge in [0.25, 0.3) is 0 Å². The maximum absolute atomic E-state index is 14.6. The van der Waals surface area contributed by atoms with E-state index in [-0.39, 0.29) is 22.6 Å². The number of quaternary nitrogens is 1. The third kappa shape index (κ3) is 4.76. The molecular formula is C25H43N8O2+.